The third-order valence-corrected chi connectivity index (χ3v) is 7.37. The zero-order valence-corrected chi connectivity index (χ0v) is 21.0. The second-order valence-electron chi connectivity index (χ2n) is 8.30. The second kappa shape index (κ2) is 11.4. The van der Waals surface area contributed by atoms with Crippen LogP contribution in [0, 0.1) is 5.92 Å². The predicted molar refractivity (Wildman–Crippen MR) is 136 cm³/mol. The van der Waals surface area contributed by atoms with Crippen molar-refractivity contribution in [3.05, 3.63) is 89.4 Å². The molecule has 3 aromatic rings. The molecule has 1 atom stereocenters. The first-order valence-electron chi connectivity index (χ1n) is 11.0. The standard InChI is InChI=1S/C26H29ClN2O4S/c1-19(2)16-24(20-10-6-4-7-11-20)28-26(30)18-29(21-14-15-25(33-3)23(27)17-21)34(31,32)22-12-8-5-9-13-22/h4-15,17,19,24H,16,18H2,1-3H3,(H,28,30)/t24-/m1/s1. The maximum Gasteiger partial charge on any atom is 0.264 e. The highest BCUT2D eigenvalue weighted by Gasteiger charge is 2.28. The van der Waals surface area contributed by atoms with Crippen molar-refractivity contribution >= 4 is 33.2 Å². The van der Waals surface area contributed by atoms with Crippen LogP contribution in [0.25, 0.3) is 0 Å². The average Bonchev–Trinajstić information content (AvgIpc) is 2.83. The maximum absolute atomic E-state index is 13.5. The number of carbonyl (C=O) groups is 1. The molecule has 0 unspecified atom stereocenters. The van der Waals surface area contributed by atoms with Gasteiger partial charge < -0.3 is 10.1 Å². The Hall–Kier alpha value is -3.03. The van der Waals surface area contributed by atoms with Crippen molar-refractivity contribution in [3.8, 4) is 5.75 Å². The highest BCUT2D eigenvalue weighted by Crippen LogP contribution is 2.32. The predicted octanol–water partition coefficient (Wildman–Crippen LogP) is 5.45. The minimum absolute atomic E-state index is 0.0801. The van der Waals surface area contributed by atoms with Crippen LogP contribution in [0.15, 0.2) is 83.8 Å². The number of nitrogens with one attached hydrogen (secondary N) is 1. The third kappa shape index (κ3) is 6.30. The molecule has 3 aromatic carbocycles. The summed E-state index contributed by atoms with van der Waals surface area (Å²) in [6.45, 7) is 3.75. The van der Waals surface area contributed by atoms with E-state index in [1.165, 1.54) is 25.3 Å². The van der Waals surface area contributed by atoms with Crippen molar-refractivity contribution in [1.29, 1.82) is 0 Å². The van der Waals surface area contributed by atoms with Crippen molar-refractivity contribution in [3.63, 3.8) is 0 Å². The number of hydrogen-bond donors (Lipinski definition) is 1. The van der Waals surface area contributed by atoms with Crippen molar-refractivity contribution < 1.29 is 17.9 Å². The van der Waals surface area contributed by atoms with Gasteiger partial charge in [0.25, 0.3) is 10.0 Å². The first kappa shape index (κ1) is 25.6. The van der Waals surface area contributed by atoms with Gasteiger partial charge in [0.15, 0.2) is 0 Å². The topological polar surface area (TPSA) is 75.7 Å². The Kier molecular flexibility index (Phi) is 8.58. The van der Waals surface area contributed by atoms with Crippen LogP contribution in [0.3, 0.4) is 0 Å². The van der Waals surface area contributed by atoms with E-state index in [4.69, 9.17) is 16.3 Å². The highest BCUT2D eigenvalue weighted by molar-refractivity contribution is 7.92. The first-order chi connectivity index (χ1) is 16.2. The van der Waals surface area contributed by atoms with Crippen molar-refractivity contribution in [1.82, 2.24) is 5.32 Å². The quantitative estimate of drug-likeness (QED) is 0.401. The number of carbonyl (C=O) groups excluding carboxylic acids is 1. The van der Waals surface area contributed by atoms with E-state index in [1.54, 1.807) is 30.3 Å². The van der Waals surface area contributed by atoms with E-state index < -0.39 is 22.5 Å². The Bertz CT molecular complexity index is 1200. The normalized spacial score (nSPS) is 12.3. The van der Waals surface area contributed by atoms with Gasteiger partial charge >= 0.3 is 0 Å². The lowest BCUT2D eigenvalue weighted by molar-refractivity contribution is -0.120. The van der Waals surface area contributed by atoms with Crippen molar-refractivity contribution in [2.75, 3.05) is 18.0 Å². The Morgan fingerprint density at radius 2 is 1.62 bits per heavy atom. The van der Waals surface area contributed by atoms with Crippen LogP contribution in [0.1, 0.15) is 31.9 Å². The summed E-state index contributed by atoms with van der Waals surface area (Å²) in [7, 11) is -2.56. The SMILES string of the molecule is COc1ccc(N(CC(=O)N[C@H](CC(C)C)c2ccccc2)S(=O)(=O)c2ccccc2)cc1Cl. The summed E-state index contributed by atoms with van der Waals surface area (Å²) in [4.78, 5) is 13.3. The summed E-state index contributed by atoms with van der Waals surface area (Å²) >= 11 is 6.28. The van der Waals surface area contributed by atoms with Crippen molar-refractivity contribution in [2.24, 2.45) is 5.92 Å². The molecular formula is C26H29ClN2O4S. The van der Waals surface area contributed by atoms with Crippen molar-refractivity contribution in [2.45, 2.75) is 31.2 Å². The molecule has 1 amide bonds. The Labute approximate surface area is 206 Å². The van der Waals surface area contributed by atoms with Gasteiger partial charge in [0, 0.05) is 0 Å². The molecule has 0 saturated carbocycles. The molecular weight excluding hydrogens is 472 g/mol. The molecule has 0 spiro atoms. The van der Waals surface area contributed by atoms with Crippen LogP contribution in [-0.2, 0) is 14.8 Å². The number of hydrogen-bond acceptors (Lipinski definition) is 4. The van der Waals surface area contributed by atoms with Crippen LogP contribution in [0.2, 0.25) is 5.02 Å². The smallest absolute Gasteiger partial charge is 0.264 e. The number of anilines is 1. The lowest BCUT2D eigenvalue weighted by Crippen LogP contribution is -2.42. The molecule has 0 bridgehead atoms. The minimum atomic E-state index is -4.04. The molecule has 0 aliphatic rings. The van der Waals surface area contributed by atoms with Crippen LogP contribution in [-0.4, -0.2) is 28.0 Å². The Morgan fingerprint density at radius 1 is 1.00 bits per heavy atom. The molecule has 3 rings (SSSR count). The summed E-state index contributed by atoms with van der Waals surface area (Å²) in [6.07, 6.45) is 0.718. The summed E-state index contributed by atoms with van der Waals surface area (Å²) in [6, 6.07) is 22.1. The number of amides is 1. The molecule has 1 N–H and O–H groups in total. The molecule has 34 heavy (non-hydrogen) atoms. The zero-order chi connectivity index (χ0) is 24.7. The van der Waals surface area contributed by atoms with E-state index in [0.29, 0.717) is 11.7 Å². The number of benzene rings is 3. The number of methoxy groups -OCH3 is 1. The fourth-order valence-corrected chi connectivity index (χ4v) is 5.34. The molecule has 0 radical (unpaired) electrons. The molecule has 0 aliphatic carbocycles. The second-order valence-corrected chi connectivity index (χ2v) is 10.6. The Morgan fingerprint density at radius 3 is 2.18 bits per heavy atom. The Balaban J connectivity index is 1.95. The van der Waals surface area contributed by atoms with E-state index in [1.807, 2.05) is 30.3 Å². The average molecular weight is 501 g/mol. The highest BCUT2D eigenvalue weighted by atomic mass is 35.5. The monoisotopic (exact) mass is 500 g/mol. The first-order valence-corrected chi connectivity index (χ1v) is 12.8. The van der Waals surface area contributed by atoms with Gasteiger partial charge in [-0.15, -0.1) is 0 Å². The number of ether oxygens (including phenoxy) is 1. The summed E-state index contributed by atoms with van der Waals surface area (Å²) in [5.74, 6) is 0.323. The summed E-state index contributed by atoms with van der Waals surface area (Å²) in [5, 5.41) is 3.27. The number of sulfonamides is 1. The van der Waals surface area contributed by atoms with Crippen LogP contribution < -0.4 is 14.4 Å². The molecule has 0 fully saturated rings. The largest absolute Gasteiger partial charge is 0.495 e. The number of rotatable bonds is 10. The summed E-state index contributed by atoms with van der Waals surface area (Å²) < 4.78 is 33.3. The molecule has 0 heterocycles. The molecule has 8 heteroatoms. The van der Waals surface area contributed by atoms with Gasteiger partial charge in [0.1, 0.15) is 12.3 Å². The van der Waals surface area contributed by atoms with Crippen LogP contribution in [0.4, 0.5) is 5.69 Å². The lowest BCUT2D eigenvalue weighted by Gasteiger charge is -2.27. The van der Waals surface area contributed by atoms with E-state index >= 15 is 0 Å². The summed E-state index contributed by atoms with van der Waals surface area (Å²) in [5.41, 5.74) is 1.24. The van der Waals surface area contributed by atoms with Crippen LogP contribution >= 0.6 is 11.6 Å². The van der Waals surface area contributed by atoms with E-state index in [9.17, 15) is 13.2 Å². The third-order valence-electron chi connectivity index (χ3n) is 5.29. The van der Waals surface area contributed by atoms with Gasteiger partial charge in [-0.2, -0.15) is 0 Å². The van der Waals surface area contributed by atoms with Gasteiger partial charge in [0.2, 0.25) is 5.91 Å². The molecule has 0 aliphatic heterocycles. The zero-order valence-electron chi connectivity index (χ0n) is 19.4. The van der Waals surface area contributed by atoms with Gasteiger partial charge in [0.05, 0.1) is 28.8 Å². The molecule has 0 aromatic heterocycles. The van der Waals surface area contributed by atoms with Gasteiger partial charge in [-0.3, -0.25) is 9.10 Å². The number of halogens is 1. The molecule has 0 saturated heterocycles. The van der Waals surface area contributed by atoms with Gasteiger partial charge in [-0.05, 0) is 48.2 Å². The van der Waals surface area contributed by atoms with E-state index in [0.717, 1.165) is 16.3 Å². The lowest BCUT2D eigenvalue weighted by atomic mass is 9.97. The van der Waals surface area contributed by atoms with E-state index in [-0.39, 0.29) is 21.6 Å². The number of nitrogens with zero attached hydrogens (tertiary/aromatic N) is 1. The van der Waals surface area contributed by atoms with Crippen LogP contribution in [0.5, 0.6) is 5.75 Å². The fourth-order valence-electron chi connectivity index (χ4n) is 3.65. The fraction of sp³-hybridized carbons (Fsp3) is 0.269. The van der Waals surface area contributed by atoms with Gasteiger partial charge in [-0.25, -0.2) is 8.42 Å². The van der Waals surface area contributed by atoms with Gasteiger partial charge in [-0.1, -0.05) is 74.0 Å². The molecule has 180 valence electrons. The maximum atomic E-state index is 13.5. The minimum Gasteiger partial charge on any atom is -0.495 e. The molecule has 6 nitrogen and oxygen atoms in total. The van der Waals surface area contributed by atoms with E-state index in [2.05, 4.69) is 19.2 Å².